The molecule has 0 aliphatic carbocycles. The monoisotopic (exact) mass is 576 g/mol. The molecule has 2 amide bonds. The Balaban J connectivity index is 1.30. The van der Waals surface area contributed by atoms with Crippen LogP contribution in [0.25, 0.3) is 17.0 Å². The van der Waals surface area contributed by atoms with Gasteiger partial charge in [-0.2, -0.15) is 23.3 Å². The number of nitrogens with zero attached hydrogens (tertiary/aromatic N) is 5. The van der Waals surface area contributed by atoms with Gasteiger partial charge >= 0.3 is 6.18 Å². The van der Waals surface area contributed by atoms with Crippen molar-refractivity contribution in [1.29, 1.82) is 0 Å². The second kappa shape index (κ2) is 10.7. The second-order valence-electron chi connectivity index (χ2n) is 9.48. The van der Waals surface area contributed by atoms with Gasteiger partial charge in [-0.05, 0) is 59.7 Å². The number of likely N-dealkylation sites (tertiary alicyclic amines) is 1. The number of halogens is 4. The number of benzene rings is 2. The topological polar surface area (TPSA) is 96.8 Å². The van der Waals surface area contributed by atoms with Gasteiger partial charge in [0.1, 0.15) is 0 Å². The number of aromatic nitrogens is 2. The molecule has 0 unspecified atom stereocenters. The predicted octanol–water partition coefficient (Wildman–Crippen LogP) is 4.22. The number of rotatable bonds is 6. The van der Waals surface area contributed by atoms with Crippen LogP contribution in [-0.4, -0.2) is 69.3 Å². The molecule has 3 aromatic rings. The van der Waals surface area contributed by atoms with Crippen LogP contribution in [0.5, 0.6) is 0 Å². The second-order valence-corrected chi connectivity index (χ2v) is 10.9. The first kappa shape index (κ1) is 27.2. The molecule has 204 valence electrons. The number of nitrogens with two attached hydrogens (primary N) is 1. The van der Waals surface area contributed by atoms with Crippen LogP contribution in [0.4, 0.5) is 13.2 Å². The third kappa shape index (κ3) is 5.97. The number of carbonyl (C=O) groups is 2. The molecule has 0 spiro atoms. The number of carbonyl (C=O) groups excluding carboxylic acids is 2. The van der Waals surface area contributed by atoms with Crippen molar-refractivity contribution in [3.63, 3.8) is 0 Å². The van der Waals surface area contributed by atoms with E-state index in [1.807, 2.05) is 22.9 Å². The molecular formula is C26H24ClF3N6O2S. The van der Waals surface area contributed by atoms with Crippen molar-refractivity contribution >= 4 is 57.3 Å². The van der Waals surface area contributed by atoms with Gasteiger partial charge in [0.25, 0.3) is 5.91 Å². The van der Waals surface area contributed by atoms with Crippen LogP contribution in [0, 0.1) is 0 Å². The van der Waals surface area contributed by atoms with Crippen LogP contribution in [0.15, 0.2) is 52.5 Å². The van der Waals surface area contributed by atoms with E-state index in [0.717, 1.165) is 30.0 Å². The van der Waals surface area contributed by atoms with Crippen molar-refractivity contribution in [2.45, 2.75) is 25.2 Å². The van der Waals surface area contributed by atoms with Gasteiger partial charge in [0.05, 0.1) is 35.3 Å². The number of primary amides is 1. The van der Waals surface area contributed by atoms with E-state index >= 15 is 0 Å². The maximum Gasteiger partial charge on any atom is 0.416 e. The fraction of sp³-hybridized carbons (Fsp3) is 0.308. The Hall–Kier alpha value is -3.35. The van der Waals surface area contributed by atoms with Crippen LogP contribution >= 0.6 is 23.4 Å². The number of thioether (sulfide) groups is 1. The number of likely N-dealkylation sites (N-methyl/N-ethyl adjacent to an activating group) is 1. The zero-order valence-corrected chi connectivity index (χ0v) is 22.4. The molecule has 1 saturated heterocycles. The van der Waals surface area contributed by atoms with Crippen LogP contribution < -0.4 is 5.73 Å². The number of aliphatic imine (C=N–C) groups is 1. The molecule has 2 N–H and O–H groups in total. The summed E-state index contributed by atoms with van der Waals surface area (Å²) in [5, 5.41) is 5.62. The van der Waals surface area contributed by atoms with E-state index in [4.69, 9.17) is 17.3 Å². The summed E-state index contributed by atoms with van der Waals surface area (Å²) in [6, 6.07) is 9.19. The number of alkyl halides is 3. The lowest BCUT2D eigenvalue weighted by molar-refractivity contribution is -0.138. The molecule has 39 heavy (non-hydrogen) atoms. The maximum absolute atomic E-state index is 13.5. The van der Waals surface area contributed by atoms with E-state index in [-0.39, 0.29) is 41.5 Å². The molecule has 1 atom stereocenters. The van der Waals surface area contributed by atoms with Crippen molar-refractivity contribution in [1.82, 2.24) is 19.6 Å². The minimum absolute atomic E-state index is 0.0139. The normalized spacial score (nSPS) is 19.3. The average molecular weight is 577 g/mol. The van der Waals surface area contributed by atoms with E-state index in [1.165, 1.54) is 28.6 Å². The van der Waals surface area contributed by atoms with Crippen molar-refractivity contribution in [2.75, 3.05) is 26.7 Å². The lowest BCUT2D eigenvalue weighted by Crippen LogP contribution is -2.39. The first-order chi connectivity index (χ1) is 18.5. The van der Waals surface area contributed by atoms with Crippen molar-refractivity contribution in [3.05, 3.63) is 69.2 Å². The Morgan fingerprint density at radius 2 is 2.08 bits per heavy atom. The highest BCUT2D eigenvalue weighted by molar-refractivity contribution is 8.18. The van der Waals surface area contributed by atoms with Gasteiger partial charge in [-0.25, -0.2) is 0 Å². The number of fused-ring (bicyclic) bond motifs is 1. The Bertz CT molecular complexity index is 1520. The standard InChI is InChI=1S/C26H24ClF3N6O2S/c1-34(19-6-7-35(13-19)14-23(31)37)25-33-24(38)22(39-25)9-15-2-5-21-17(8-15)11-32-36(21)12-16-3-4-18(27)10-20(16)26(28,29)30/h2-5,8-11,19H,6-7,12-14H2,1H3,(H2,31,37)/b22-9-/t19-/m1/s1. The first-order valence-corrected chi connectivity index (χ1v) is 13.2. The van der Waals surface area contributed by atoms with E-state index in [1.54, 1.807) is 24.4 Å². The summed E-state index contributed by atoms with van der Waals surface area (Å²) < 4.78 is 42.1. The van der Waals surface area contributed by atoms with E-state index < -0.39 is 11.7 Å². The zero-order valence-electron chi connectivity index (χ0n) is 20.8. The summed E-state index contributed by atoms with van der Waals surface area (Å²) in [5.41, 5.74) is 5.96. The number of hydrogen-bond donors (Lipinski definition) is 1. The highest BCUT2D eigenvalue weighted by Gasteiger charge is 2.34. The largest absolute Gasteiger partial charge is 0.416 e. The quantitative estimate of drug-likeness (QED) is 0.442. The molecule has 2 aromatic carbocycles. The van der Waals surface area contributed by atoms with Crippen molar-refractivity contribution < 1.29 is 22.8 Å². The summed E-state index contributed by atoms with van der Waals surface area (Å²) in [5.74, 6) is -0.711. The fourth-order valence-corrected chi connectivity index (χ4v) is 5.90. The smallest absolute Gasteiger partial charge is 0.369 e. The molecule has 2 aliphatic heterocycles. The van der Waals surface area contributed by atoms with Crippen molar-refractivity contribution in [3.8, 4) is 0 Å². The van der Waals surface area contributed by atoms with Crippen LogP contribution in [0.3, 0.4) is 0 Å². The van der Waals surface area contributed by atoms with Gasteiger partial charge in [-0.3, -0.25) is 19.2 Å². The summed E-state index contributed by atoms with van der Waals surface area (Å²) in [6.45, 7) is 1.53. The van der Waals surface area contributed by atoms with Crippen LogP contribution in [-0.2, 0) is 22.3 Å². The molecule has 2 aliphatic rings. The van der Waals surface area contributed by atoms with Gasteiger partial charge in [0.2, 0.25) is 5.91 Å². The number of hydrogen-bond acceptors (Lipinski definition) is 6. The van der Waals surface area contributed by atoms with Gasteiger partial charge in [0.15, 0.2) is 5.17 Å². The minimum atomic E-state index is -4.54. The predicted molar refractivity (Wildman–Crippen MR) is 145 cm³/mol. The Morgan fingerprint density at radius 1 is 1.28 bits per heavy atom. The molecule has 8 nitrogen and oxygen atoms in total. The summed E-state index contributed by atoms with van der Waals surface area (Å²) in [6.07, 6.45) is -0.387. The minimum Gasteiger partial charge on any atom is -0.369 e. The molecule has 0 radical (unpaired) electrons. The zero-order chi connectivity index (χ0) is 27.9. The molecule has 0 saturated carbocycles. The number of amidine groups is 1. The Labute approximate surface area is 231 Å². The van der Waals surface area contributed by atoms with E-state index in [9.17, 15) is 22.8 Å². The molecular weight excluding hydrogens is 553 g/mol. The third-order valence-corrected chi connectivity index (χ3v) is 8.06. The van der Waals surface area contributed by atoms with Gasteiger partial charge in [-0.1, -0.05) is 23.7 Å². The van der Waals surface area contributed by atoms with Crippen LogP contribution in [0.2, 0.25) is 5.02 Å². The molecule has 0 bridgehead atoms. The SMILES string of the molecule is CN(C1=NC(=O)/C(=C/c2ccc3c(cnn3Cc3ccc(Cl)cc3C(F)(F)F)c2)S1)[C@@H]1CCN(CC(N)=O)C1. The Kier molecular flexibility index (Phi) is 7.45. The summed E-state index contributed by atoms with van der Waals surface area (Å²) in [4.78, 5) is 32.5. The molecule has 5 rings (SSSR count). The van der Waals surface area contributed by atoms with Gasteiger partial charge < -0.3 is 10.6 Å². The molecule has 1 aromatic heterocycles. The lowest BCUT2D eigenvalue weighted by Gasteiger charge is -2.25. The van der Waals surface area contributed by atoms with Crippen molar-refractivity contribution in [2.24, 2.45) is 10.7 Å². The Morgan fingerprint density at radius 3 is 2.82 bits per heavy atom. The average Bonchev–Trinajstić information content (AvgIpc) is 3.58. The van der Waals surface area contributed by atoms with E-state index in [0.29, 0.717) is 22.1 Å². The lowest BCUT2D eigenvalue weighted by atomic mass is 10.1. The molecule has 13 heteroatoms. The highest BCUT2D eigenvalue weighted by Crippen LogP contribution is 2.35. The third-order valence-electron chi connectivity index (χ3n) is 6.75. The molecule has 1 fully saturated rings. The van der Waals surface area contributed by atoms with Crippen LogP contribution in [0.1, 0.15) is 23.1 Å². The van der Waals surface area contributed by atoms with E-state index in [2.05, 4.69) is 10.1 Å². The van der Waals surface area contributed by atoms with Gasteiger partial charge in [-0.15, -0.1) is 0 Å². The summed E-state index contributed by atoms with van der Waals surface area (Å²) in [7, 11) is 1.88. The summed E-state index contributed by atoms with van der Waals surface area (Å²) >= 11 is 7.08. The van der Waals surface area contributed by atoms with Gasteiger partial charge in [0, 0.05) is 36.6 Å². The first-order valence-electron chi connectivity index (χ1n) is 12.0. The fourth-order valence-electron chi connectivity index (χ4n) is 4.78. The number of amides is 2. The maximum atomic E-state index is 13.5. The highest BCUT2D eigenvalue weighted by atomic mass is 35.5. The molecule has 3 heterocycles.